The highest BCUT2D eigenvalue weighted by molar-refractivity contribution is 7.80. The topological polar surface area (TPSA) is 72.0 Å². The first-order chi connectivity index (χ1) is 5.66. The van der Waals surface area contributed by atoms with Crippen LogP contribution in [0.25, 0.3) is 11.1 Å². The van der Waals surface area contributed by atoms with Crippen LogP contribution in [-0.2, 0) is 0 Å². The quantitative estimate of drug-likeness (QED) is 0.420. The number of nitrogens with one attached hydrogen (secondary N) is 1. The SMILES string of the molecule is Nc1cc2oc(=O)[nH]c2cc1S. The van der Waals surface area contributed by atoms with Gasteiger partial charge in [-0.2, -0.15) is 0 Å². The third-order valence-corrected chi connectivity index (χ3v) is 1.96. The minimum atomic E-state index is -0.483. The van der Waals surface area contributed by atoms with E-state index in [4.69, 9.17) is 10.2 Å². The zero-order chi connectivity index (χ0) is 8.72. The van der Waals surface area contributed by atoms with Gasteiger partial charge in [0.2, 0.25) is 0 Å². The van der Waals surface area contributed by atoms with Crippen LogP contribution in [0.3, 0.4) is 0 Å². The third kappa shape index (κ3) is 0.984. The van der Waals surface area contributed by atoms with E-state index in [0.29, 0.717) is 21.7 Å². The van der Waals surface area contributed by atoms with E-state index in [1.807, 2.05) is 0 Å². The summed E-state index contributed by atoms with van der Waals surface area (Å²) in [5.74, 6) is -0.483. The van der Waals surface area contributed by atoms with Crippen LogP contribution in [0, 0.1) is 0 Å². The van der Waals surface area contributed by atoms with Gasteiger partial charge in [0.25, 0.3) is 0 Å². The lowest BCUT2D eigenvalue weighted by atomic mass is 10.3. The molecule has 0 atom stereocenters. The van der Waals surface area contributed by atoms with Crippen LogP contribution in [-0.4, -0.2) is 4.98 Å². The second-order valence-corrected chi connectivity index (χ2v) is 2.90. The van der Waals surface area contributed by atoms with Crippen molar-refractivity contribution in [3.8, 4) is 0 Å². The van der Waals surface area contributed by atoms with Gasteiger partial charge in [0.1, 0.15) is 0 Å². The molecular formula is C7H6N2O2S. The molecule has 0 aliphatic heterocycles. The maximum Gasteiger partial charge on any atom is 0.417 e. The molecule has 5 heteroatoms. The maximum absolute atomic E-state index is 10.7. The lowest BCUT2D eigenvalue weighted by Crippen LogP contribution is -1.92. The fourth-order valence-electron chi connectivity index (χ4n) is 1.00. The number of oxazole rings is 1. The van der Waals surface area contributed by atoms with Crippen molar-refractivity contribution in [2.45, 2.75) is 4.90 Å². The zero-order valence-corrected chi connectivity index (χ0v) is 6.89. The normalized spacial score (nSPS) is 10.8. The Bertz CT molecular complexity index is 444. The summed E-state index contributed by atoms with van der Waals surface area (Å²) in [6, 6.07) is 3.22. The Morgan fingerprint density at radius 3 is 3.00 bits per heavy atom. The zero-order valence-electron chi connectivity index (χ0n) is 6.00. The summed E-state index contributed by atoms with van der Waals surface area (Å²) in [4.78, 5) is 13.8. The van der Waals surface area contributed by atoms with Crippen molar-refractivity contribution in [2.24, 2.45) is 0 Å². The Balaban J connectivity index is 2.92. The van der Waals surface area contributed by atoms with Crippen molar-refractivity contribution in [1.29, 1.82) is 0 Å². The summed E-state index contributed by atoms with van der Waals surface area (Å²) in [5.41, 5.74) is 7.10. The van der Waals surface area contributed by atoms with Crippen molar-refractivity contribution in [1.82, 2.24) is 4.98 Å². The molecule has 1 aromatic heterocycles. The van der Waals surface area contributed by atoms with Crippen LogP contribution in [0.1, 0.15) is 0 Å². The Morgan fingerprint density at radius 2 is 2.25 bits per heavy atom. The molecular weight excluding hydrogens is 176 g/mol. The average molecular weight is 182 g/mol. The van der Waals surface area contributed by atoms with Crippen molar-refractivity contribution >= 4 is 29.4 Å². The van der Waals surface area contributed by atoms with Crippen LogP contribution in [0.2, 0.25) is 0 Å². The number of hydrogen-bond donors (Lipinski definition) is 3. The van der Waals surface area contributed by atoms with Crippen LogP contribution < -0.4 is 11.5 Å². The number of aromatic amines is 1. The molecule has 12 heavy (non-hydrogen) atoms. The molecule has 0 aliphatic rings. The smallest absolute Gasteiger partial charge is 0.408 e. The van der Waals surface area contributed by atoms with Gasteiger partial charge in [-0.15, -0.1) is 12.6 Å². The molecule has 0 saturated carbocycles. The van der Waals surface area contributed by atoms with Gasteiger partial charge in [0, 0.05) is 16.6 Å². The number of rotatable bonds is 0. The molecule has 0 spiro atoms. The monoisotopic (exact) mass is 182 g/mol. The first-order valence-electron chi connectivity index (χ1n) is 3.28. The van der Waals surface area contributed by atoms with Gasteiger partial charge in [-0.25, -0.2) is 4.79 Å². The van der Waals surface area contributed by atoms with Gasteiger partial charge in [0.05, 0.1) is 5.52 Å². The largest absolute Gasteiger partial charge is 0.417 e. The highest BCUT2D eigenvalue weighted by Gasteiger charge is 2.03. The Labute approximate surface area is 72.8 Å². The fraction of sp³-hybridized carbons (Fsp3) is 0. The van der Waals surface area contributed by atoms with Crippen LogP contribution >= 0.6 is 12.6 Å². The van der Waals surface area contributed by atoms with E-state index in [2.05, 4.69) is 17.6 Å². The lowest BCUT2D eigenvalue weighted by Gasteiger charge is -1.95. The molecule has 62 valence electrons. The number of anilines is 1. The predicted octanol–water partition coefficient (Wildman–Crippen LogP) is 0.992. The summed E-state index contributed by atoms with van der Waals surface area (Å²) in [6.07, 6.45) is 0. The van der Waals surface area contributed by atoms with Crippen LogP contribution in [0.5, 0.6) is 0 Å². The van der Waals surface area contributed by atoms with Crippen molar-refractivity contribution in [3.05, 3.63) is 22.7 Å². The Hall–Kier alpha value is -1.36. The standard InChI is InChI=1S/C7H6N2O2S/c8-3-1-5-4(2-6(3)12)9-7(10)11-5/h1-2,12H,8H2,(H,9,10). The average Bonchev–Trinajstić information content (AvgIpc) is 2.30. The van der Waals surface area contributed by atoms with E-state index in [1.54, 1.807) is 12.1 Å². The number of fused-ring (bicyclic) bond motifs is 1. The molecule has 0 unspecified atom stereocenters. The third-order valence-electron chi connectivity index (χ3n) is 1.57. The van der Waals surface area contributed by atoms with Gasteiger partial charge in [0.15, 0.2) is 5.58 Å². The summed E-state index contributed by atoms with van der Waals surface area (Å²) < 4.78 is 4.78. The number of nitrogens with two attached hydrogens (primary N) is 1. The second-order valence-electron chi connectivity index (χ2n) is 2.42. The van der Waals surface area contributed by atoms with Gasteiger partial charge < -0.3 is 10.2 Å². The number of nitrogen functional groups attached to an aromatic ring is 1. The van der Waals surface area contributed by atoms with Gasteiger partial charge >= 0.3 is 5.76 Å². The van der Waals surface area contributed by atoms with Gasteiger partial charge in [-0.1, -0.05) is 0 Å². The fourth-order valence-corrected chi connectivity index (χ4v) is 1.20. The van der Waals surface area contributed by atoms with E-state index >= 15 is 0 Å². The number of benzene rings is 1. The number of aromatic nitrogens is 1. The molecule has 0 amide bonds. The highest BCUT2D eigenvalue weighted by Crippen LogP contribution is 2.21. The van der Waals surface area contributed by atoms with E-state index in [1.165, 1.54) is 0 Å². The number of hydrogen-bond acceptors (Lipinski definition) is 4. The molecule has 2 aromatic rings. The highest BCUT2D eigenvalue weighted by atomic mass is 32.1. The van der Waals surface area contributed by atoms with E-state index in [-0.39, 0.29) is 0 Å². The Kier molecular flexibility index (Phi) is 1.41. The summed E-state index contributed by atoms with van der Waals surface area (Å²) >= 11 is 4.09. The van der Waals surface area contributed by atoms with Crippen LogP contribution in [0.15, 0.2) is 26.2 Å². The molecule has 0 radical (unpaired) electrons. The summed E-state index contributed by atoms with van der Waals surface area (Å²) in [7, 11) is 0. The first kappa shape index (κ1) is 7.30. The van der Waals surface area contributed by atoms with Crippen molar-refractivity contribution in [3.63, 3.8) is 0 Å². The van der Waals surface area contributed by atoms with Gasteiger partial charge in [-0.05, 0) is 6.07 Å². The minimum absolute atomic E-state index is 0.454. The molecule has 1 aromatic carbocycles. The molecule has 0 bridgehead atoms. The lowest BCUT2D eigenvalue weighted by molar-refractivity contribution is 0.555. The summed E-state index contributed by atoms with van der Waals surface area (Å²) in [6.45, 7) is 0. The molecule has 1 heterocycles. The molecule has 0 aliphatic carbocycles. The van der Waals surface area contributed by atoms with Crippen molar-refractivity contribution in [2.75, 3.05) is 5.73 Å². The second kappa shape index (κ2) is 2.31. The molecule has 0 saturated heterocycles. The Morgan fingerprint density at radius 1 is 1.50 bits per heavy atom. The number of thiol groups is 1. The summed E-state index contributed by atoms with van der Waals surface area (Å²) in [5, 5.41) is 0. The van der Waals surface area contributed by atoms with E-state index in [9.17, 15) is 4.79 Å². The maximum atomic E-state index is 10.7. The predicted molar refractivity (Wildman–Crippen MR) is 48.5 cm³/mol. The number of H-pyrrole nitrogens is 1. The van der Waals surface area contributed by atoms with Crippen molar-refractivity contribution < 1.29 is 4.42 Å². The van der Waals surface area contributed by atoms with E-state index in [0.717, 1.165) is 0 Å². The van der Waals surface area contributed by atoms with Crippen LogP contribution in [0.4, 0.5) is 5.69 Å². The molecule has 2 rings (SSSR count). The van der Waals surface area contributed by atoms with E-state index < -0.39 is 5.76 Å². The molecule has 4 nitrogen and oxygen atoms in total. The van der Waals surface area contributed by atoms with Gasteiger partial charge in [-0.3, -0.25) is 4.98 Å². The molecule has 0 fully saturated rings. The first-order valence-corrected chi connectivity index (χ1v) is 3.73. The molecule has 3 N–H and O–H groups in total. The minimum Gasteiger partial charge on any atom is -0.408 e.